The van der Waals surface area contributed by atoms with Crippen LogP contribution in [0.25, 0.3) is 0 Å². The number of halogens is 2. The average Bonchev–Trinajstić information content (AvgIpc) is 3.12. The molecular formula is C19H31FIN3O2S. The molecule has 0 radical (unpaired) electrons. The number of methoxy groups -OCH3 is 1. The molecule has 0 bridgehead atoms. The minimum atomic E-state index is -0.187. The molecule has 154 valence electrons. The summed E-state index contributed by atoms with van der Waals surface area (Å²) in [7, 11) is 3.52. The molecule has 1 aliphatic heterocycles. The Balaban J connectivity index is 0.00000364. The van der Waals surface area contributed by atoms with Gasteiger partial charge in [-0.3, -0.25) is 4.99 Å². The van der Waals surface area contributed by atoms with Gasteiger partial charge in [-0.1, -0.05) is 0 Å². The molecule has 8 heteroatoms. The van der Waals surface area contributed by atoms with Crippen LogP contribution < -0.4 is 5.32 Å². The normalized spacial score (nSPS) is 17.1. The molecule has 2 rings (SSSR count). The minimum Gasteiger partial charge on any atom is -0.382 e. The monoisotopic (exact) mass is 511 g/mol. The first-order chi connectivity index (χ1) is 12.7. The fourth-order valence-electron chi connectivity index (χ4n) is 2.88. The quantitative estimate of drug-likeness (QED) is 0.171. The Hall–Kier alpha value is -0.580. The lowest BCUT2D eigenvalue weighted by atomic mass is 10.1. The molecule has 0 aromatic heterocycles. The van der Waals surface area contributed by atoms with Gasteiger partial charge in [0, 0.05) is 44.6 Å². The predicted octanol–water partition coefficient (Wildman–Crippen LogP) is 3.49. The van der Waals surface area contributed by atoms with Gasteiger partial charge in [0.05, 0.1) is 19.8 Å². The molecule has 0 spiro atoms. The van der Waals surface area contributed by atoms with Crippen molar-refractivity contribution in [2.75, 3.05) is 59.4 Å². The lowest BCUT2D eigenvalue weighted by Gasteiger charge is -2.21. The van der Waals surface area contributed by atoms with Crippen molar-refractivity contribution in [1.29, 1.82) is 0 Å². The van der Waals surface area contributed by atoms with Crippen molar-refractivity contribution < 1.29 is 13.9 Å². The van der Waals surface area contributed by atoms with E-state index in [4.69, 9.17) is 9.47 Å². The zero-order valence-corrected chi connectivity index (χ0v) is 19.3. The second kappa shape index (κ2) is 14.4. The SMILES string of the molecule is CN=C(NCCCSc1ccc(F)cc1)N1CCC(COCCOC)C1.I. The number of guanidine groups is 1. The molecule has 1 aromatic carbocycles. The van der Waals surface area contributed by atoms with E-state index in [0.29, 0.717) is 19.1 Å². The van der Waals surface area contributed by atoms with Crippen LogP contribution in [0.5, 0.6) is 0 Å². The Morgan fingerprint density at radius 1 is 1.33 bits per heavy atom. The number of hydrogen-bond acceptors (Lipinski definition) is 4. The number of likely N-dealkylation sites (tertiary alicyclic amines) is 1. The van der Waals surface area contributed by atoms with E-state index in [0.717, 1.165) is 55.7 Å². The highest BCUT2D eigenvalue weighted by Gasteiger charge is 2.24. The van der Waals surface area contributed by atoms with E-state index in [-0.39, 0.29) is 29.8 Å². The van der Waals surface area contributed by atoms with E-state index in [9.17, 15) is 4.39 Å². The lowest BCUT2D eigenvalue weighted by Crippen LogP contribution is -2.40. The first-order valence-electron chi connectivity index (χ1n) is 9.13. The fourth-order valence-corrected chi connectivity index (χ4v) is 3.73. The minimum absolute atomic E-state index is 0. The maximum atomic E-state index is 12.9. The highest BCUT2D eigenvalue weighted by molar-refractivity contribution is 14.0. The summed E-state index contributed by atoms with van der Waals surface area (Å²) in [5, 5.41) is 3.45. The van der Waals surface area contributed by atoms with E-state index in [1.807, 2.05) is 19.2 Å². The summed E-state index contributed by atoms with van der Waals surface area (Å²) in [6.45, 7) is 4.97. The zero-order valence-electron chi connectivity index (χ0n) is 16.2. The van der Waals surface area contributed by atoms with Gasteiger partial charge in [0.25, 0.3) is 0 Å². The Morgan fingerprint density at radius 2 is 2.11 bits per heavy atom. The maximum Gasteiger partial charge on any atom is 0.193 e. The van der Waals surface area contributed by atoms with Crippen molar-refractivity contribution in [2.45, 2.75) is 17.7 Å². The number of nitrogens with zero attached hydrogens (tertiary/aromatic N) is 2. The molecule has 1 aliphatic rings. The number of thioether (sulfide) groups is 1. The summed E-state index contributed by atoms with van der Waals surface area (Å²) >= 11 is 1.75. The highest BCUT2D eigenvalue weighted by Crippen LogP contribution is 2.19. The number of nitrogens with one attached hydrogen (secondary N) is 1. The average molecular weight is 511 g/mol. The van der Waals surface area contributed by atoms with E-state index >= 15 is 0 Å². The summed E-state index contributed by atoms with van der Waals surface area (Å²) < 4.78 is 23.5. The molecule has 27 heavy (non-hydrogen) atoms. The van der Waals surface area contributed by atoms with Gasteiger partial charge in [0.1, 0.15) is 5.82 Å². The zero-order chi connectivity index (χ0) is 18.6. The molecule has 0 aliphatic carbocycles. The second-order valence-corrected chi connectivity index (χ2v) is 7.47. The van der Waals surface area contributed by atoms with Gasteiger partial charge in [-0.25, -0.2) is 4.39 Å². The molecule has 1 unspecified atom stereocenters. The largest absolute Gasteiger partial charge is 0.382 e. The van der Waals surface area contributed by atoms with Gasteiger partial charge in [0.15, 0.2) is 5.96 Å². The summed E-state index contributed by atoms with van der Waals surface area (Å²) in [4.78, 5) is 7.81. The topological polar surface area (TPSA) is 46.1 Å². The third kappa shape index (κ3) is 9.45. The van der Waals surface area contributed by atoms with Crippen LogP contribution in [-0.2, 0) is 9.47 Å². The molecule has 1 aromatic rings. The van der Waals surface area contributed by atoms with Gasteiger partial charge in [0.2, 0.25) is 0 Å². The molecular weight excluding hydrogens is 480 g/mol. The molecule has 1 atom stereocenters. The summed E-state index contributed by atoms with van der Waals surface area (Å²) in [5.41, 5.74) is 0. The molecule has 5 nitrogen and oxygen atoms in total. The third-order valence-electron chi connectivity index (χ3n) is 4.27. The predicted molar refractivity (Wildman–Crippen MR) is 121 cm³/mol. The molecule has 1 N–H and O–H groups in total. The van der Waals surface area contributed by atoms with Gasteiger partial charge in [-0.2, -0.15) is 0 Å². The van der Waals surface area contributed by atoms with Crippen LogP contribution in [0.4, 0.5) is 4.39 Å². The number of hydrogen-bond donors (Lipinski definition) is 1. The van der Waals surface area contributed by atoms with Crippen LogP contribution in [0.2, 0.25) is 0 Å². The van der Waals surface area contributed by atoms with Crippen LogP contribution in [0, 0.1) is 11.7 Å². The fraction of sp³-hybridized carbons (Fsp3) is 0.632. The van der Waals surface area contributed by atoms with Crippen molar-refractivity contribution >= 4 is 41.7 Å². The Labute approximate surface area is 183 Å². The van der Waals surface area contributed by atoms with Crippen molar-refractivity contribution in [1.82, 2.24) is 10.2 Å². The van der Waals surface area contributed by atoms with Crippen LogP contribution in [0.15, 0.2) is 34.2 Å². The van der Waals surface area contributed by atoms with Gasteiger partial charge in [-0.15, -0.1) is 35.7 Å². The summed E-state index contributed by atoms with van der Waals surface area (Å²) in [5.74, 6) is 2.33. The van der Waals surface area contributed by atoms with Gasteiger partial charge >= 0.3 is 0 Å². The molecule has 1 saturated heterocycles. The van der Waals surface area contributed by atoms with Crippen LogP contribution >= 0.6 is 35.7 Å². The molecule has 1 fully saturated rings. The molecule has 0 saturated carbocycles. The van der Waals surface area contributed by atoms with Crippen LogP contribution in [0.3, 0.4) is 0 Å². The number of rotatable bonds is 10. The van der Waals surface area contributed by atoms with Gasteiger partial charge < -0.3 is 19.7 Å². The van der Waals surface area contributed by atoms with Crippen LogP contribution in [-0.4, -0.2) is 70.2 Å². The lowest BCUT2D eigenvalue weighted by molar-refractivity contribution is 0.0536. The second-order valence-electron chi connectivity index (χ2n) is 6.30. The Bertz CT molecular complexity index is 548. The molecule has 1 heterocycles. The van der Waals surface area contributed by atoms with Crippen LogP contribution in [0.1, 0.15) is 12.8 Å². The number of aliphatic imine (C=N–C) groups is 1. The van der Waals surface area contributed by atoms with E-state index < -0.39 is 0 Å². The van der Waals surface area contributed by atoms with Gasteiger partial charge in [-0.05, 0) is 42.9 Å². The molecule has 0 amide bonds. The first-order valence-corrected chi connectivity index (χ1v) is 10.1. The first kappa shape index (κ1) is 24.5. The standard InChI is InChI=1S/C19H30FN3O2S.HI/c1-21-19(23-10-8-16(14-23)15-25-12-11-24-2)22-9-3-13-26-18-6-4-17(20)5-7-18;/h4-7,16H,3,8-15H2,1-2H3,(H,21,22);1H. The van der Waals surface area contributed by atoms with Crippen molar-refractivity contribution in [2.24, 2.45) is 10.9 Å². The smallest absolute Gasteiger partial charge is 0.193 e. The summed E-state index contributed by atoms with van der Waals surface area (Å²) in [6, 6.07) is 6.66. The van der Waals surface area contributed by atoms with E-state index in [1.54, 1.807) is 18.9 Å². The van der Waals surface area contributed by atoms with E-state index in [2.05, 4.69) is 15.2 Å². The van der Waals surface area contributed by atoms with E-state index in [1.165, 1.54) is 12.1 Å². The van der Waals surface area contributed by atoms with Crippen molar-refractivity contribution in [3.8, 4) is 0 Å². The highest BCUT2D eigenvalue weighted by atomic mass is 127. The number of ether oxygens (including phenoxy) is 2. The number of benzene rings is 1. The third-order valence-corrected chi connectivity index (χ3v) is 5.37. The Kier molecular flexibility index (Phi) is 13.1. The Morgan fingerprint density at radius 3 is 2.81 bits per heavy atom. The summed E-state index contributed by atoms with van der Waals surface area (Å²) in [6.07, 6.45) is 2.16. The van der Waals surface area contributed by atoms with Crippen molar-refractivity contribution in [3.05, 3.63) is 30.1 Å². The van der Waals surface area contributed by atoms with Crippen molar-refractivity contribution in [3.63, 3.8) is 0 Å². The maximum absolute atomic E-state index is 12.9.